The first kappa shape index (κ1) is 19.3. The molecule has 8 heteroatoms. The number of benzene rings is 1. The molecule has 2 aliphatic rings. The topological polar surface area (TPSA) is 68.6 Å². The Hall–Kier alpha value is -2.06. The molecule has 150 valence electrons. The number of amides is 1. The summed E-state index contributed by atoms with van der Waals surface area (Å²) in [7, 11) is 0. The zero-order valence-corrected chi connectivity index (χ0v) is 18.0. The normalized spacial score (nSPS) is 19.3. The number of hydrogen-bond acceptors (Lipinski definition) is 5. The molecule has 0 saturated carbocycles. The lowest BCUT2D eigenvalue weighted by Crippen LogP contribution is -2.47. The number of nitrogens with one attached hydrogen (secondary N) is 1. The van der Waals surface area contributed by atoms with Crippen molar-refractivity contribution in [3.63, 3.8) is 0 Å². The summed E-state index contributed by atoms with van der Waals surface area (Å²) in [5.74, 6) is 0.609. The molecule has 0 saturated heterocycles. The highest BCUT2D eigenvalue weighted by Gasteiger charge is 2.39. The van der Waals surface area contributed by atoms with Crippen molar-refractivity contribution in [3.8, 4) is 11.6 Å². The van der Waals surface area contributed by atoms with Crippen LogP contribution < -0.4 is 10.1 Å². The van der Waals surface area contributed by atoms with Crippen molar-refractivity contribution in [1.82, 2.24) is 20.0 Å². The molecule has 0 fully saturated rings. The quantitative estimate of drug-likeness (QED) is 0.723. The van der Waals surface area contributed by atoms with Gasteiger partial charge in [-0.1, -0.05) is 15.9 Å². The Bertz CT molecular complexity index is 873. The average Bonchev–Trinajstić information content (AvgIpc) is 2.97. The minimum Gasteiger partial charge on any atom is -0.475 e. The van der Waals surface area contributed by atoms with E-state index < -0.39 is 5.60 Å². The van der Waals surface area contributed by atoms with Crippen molar-refractivity contribution in [2.45, 2.75) is 38.8 Å². The average molecular weight is 449 g/mol. The maximum absolute atomic E-state index is 12.8. The van der Waals surface area contributed by atoms with E-state index in [0.29, 0.717) is 38.5 Å². The molecule has 0 aliphatic carbocycles. The second kappa shape index (κ2) is 7.40. The van der Waals surface area contributed by atoms with Crippen LogP contribution in [0, 0.1) is 0 Å². The number of carbonyl (C=O) groups is 1. The number of hydrogen-bond donors (Lipinski definition) is 1. The molecule has 0 spiro atoms. The van der Waals surface area contributed by atoms with Crippen LogP contribution in [0.3, 0.4) is 0 Å². The van der Waals surface area contributed by atoms with E-state index in [1.54, 1.807) is 4.90 Å². The lowest BCUT2D eigenvalue weighted by molar-refractivity contribution is 0.0133. The Morgan fingerprint density at radius 1 is 1.32 bits per heavy atom. The lowest BCUT2D eigenvalue weighted by atomic mass is 9.98. The van der Waals surface area contributed by atoms with Crippen LogP contribution in [0.5, 0.6) is 5.88 Å². The monoisotopic (exact) mass is 448 g/mol. The van der Waals surface area contributed by atoms with Crippen molar-refractivity contribution in [2.75, 3.05) is 26.2 Å². The van der Waals surface area contributed by atoms with Crippen LogP contribution in [0.25, 0.3) is 5.69 Å². The molecule has 0 radical (unpaired) electrons. The summed E-state index contributed by atoms with van der Waals surface area (Å²) in [4.78, 5) is 14.6. The van der Waals surface area contributed by atoms with Gasteiger partial charge in [0.2, 0.25) is 5.88 Å². The summed E-state index contributed by atoms with van der Waals surface area (Å²) >= 11 is 3.48. The molecule has 1 amide bonds. The number of rotatable bonds is 1. The summed E-state index contributed by atoms with van der Waals surface area (Å²) < 4.78 is 14.6. The summed E-state index contributed by atoms with van der Waals surface area (Å²) in [5, 5.41) is 8.13. The Labute approximate surface area is 173 Å². The van der Waals surface area contributed by atoms with Gasteiger partial charge in [-0.05, 0) is 45.0 Å². The van der Waals surface area contributed by atoms with Crippen molar-refractivity contribution in [2.24, 2.45) is 0 Å². The van der Waals surface area contributed by atoms with E-state index in [9.17, 15) is 4.79 Å². The first-order valence-corrected chi connectivity index (χ1v) is 10.3. The van der Waals surface area contributed by atoms with Crippen molar-refractivity contribution in [3.05, 3.63) is 40.0 Å². The summed E-state index contributed by atoms with van der Waals surface area (Å²) in [6.07, 6.45) is 0.394. The van der Waals surface area contributed by atoms with Crippen LogP contribution in [-0.4, -0.2) is 52.6 Å². The van der Waals surface area contributed by atoms with E-state index in [1.165, 1.54) is 0 Å². The first-order valence-electron chi connectivity index (χ1n) is 9.54. The summed E-state index contributed by atoms with van der Waals surface area (Å²) in [6.45, 7) is 8.14. The van der Waals surface area contributed by atoms with E-state index >= 15 is 0 Å². The van der Waals surface area contributed by atoms with E-state index in [0.717, 1.165) is 21.4 Å². The highest BCUT2D eigenvalue weighted by molar-refractivity contribution is 9.10. The third-order valence-corrected chi connectivity index (χ3v) is 5.37. The highest BCUT2D eigenvalue weighted by Crippen LogP contribution is 2.38. The fraction of sp³-hybridized carbons (Fsp3) is 0.500. The van der Waals surface area contributed by atoms with Crippen molar-refractivity contribution in [1.29, 1.82) is 0 Å². The molecule has 7 nitrogen and oxygen atoms in total. The second-order valence-electron chi connectivity index (χ2n) is 8.05. The van der Waals surface area contributed by atoms with Gasteiger partial charge in [-0.3, -0.25) is 4.90 Å². The van der Waals surface area contributed by atoms with Crippen LogP contribution in [0.15, 0.2) is 28.7 Å². The maximum atomic E-state index is 12.8. The fourth-order valence-corrected chi connectivity index (χ4v) is 3.93. The van der Waals surface area contributed by atoms with E-state index in [4.69, 9.17) is 14.6 Å². The number of aromatic nitrogens is 2. The highest BCUT2D eigenvalue weighted by atomic mass is 79.9. The molecule has 28 heavy (non-hydrogen) atoms. The number of halogens is 1. The molecule has 4 rings (SSSR count). The smallest absolute Gasteiger partial charge is 0.410 e. The molecule has 2 aliphatic heterocycles. The van der Waals surface area contributed by atoms with Crippen molar-refractivity contribution < 1.29 is 14.3 Å². The Morgan fingerprint density at radius 3 is 2.79 bits per heavy atom. The SMILES string of the molecule is CC(C)(C)OC(=O)N1CCc2c3c(nn2-c2ccc(Br)cc2)OCCNC[C@@H]31. The number of carbonyl (C=O) groups excluding carboxylic acids is 1. The third-order valence-electron chi connectivity index (χ3n) is 4.84. The summed E-state index contributed by atoms with van der Waals surface area (Å²) in [6, 6.07) is 7.87. The van der Waals surface area contributed by atoms with Gasteiger partial charge in [-0.2, -0.15) is 0 Å². The maximum Gasteiger partial charge on any atom is 0.410 e. The van der Waals surface area contributed by atoms with Gasteiger partial charge in [0, 0.05) is 30.5 Å². The van der Waals surface area contributed by atoms with Crippen LogP contribution in [0.1, 0.15) is 38.1 Å². The molecule has 1 N–H and O–H groups in total. The predicted octanol–water partition coefficient (Wildman–Crippen LogP) is 3.45. The lowest BCUT2D eigenvalue weighted by Gasteiger charge is -2.37. The van der Waals surface area contributed by atoms with Crippen LogP contribution >= 0.6 is 15.9 Å². The van der Waals surface area contributed by atoms with Crippen LogP contribution in [0.4, 0.5) is 4.79 Å². The van der Waals surface area contributed by atoms with Crippen molar-refractivity contribution >= 4 is 22.0 Å². The fourth-order valence-electron chi connectivity index (χ4n) is 3.67. The molecule has 0 unspecified atom stereocenters. The van der Waals surface area contributed by atoms with Gasteiger partial charge < -0.3 is 14.8 Å². The molecular formula is C20H25BrN4O3. The molecule has 2 aromatic rings. The molecule has 1 atom stereocenters. The number of nitrogens with zero attached hydrogens (tertiary/aromatic N) is 3. The molecular weight excluding hydrogens is 424 g/mol. The minimum atomic E-state index is -0.534. The Kier molecular flexibility index (Phi) is 5.09. The van der Waals surface area contributed by atoms with Gasteiger partial charge in [0.25, 0.3) is 0 Å². The number of ether oxygens (including phenoxy) is 2. The Balaban J connectivity index is 1.75. The van der Waals surface area contributed by atoms with E-state index in [1.807, 2.05) is 49.7 Å². The molecule has 1 aromatic carbocycles. The first-order chi connectivity index (χ1) is 13.3. The van der Waals surface area contributed by atoms with Gasteiger partial charge in [0.1, 0.15) is 12.2 Å². The standard InChI is InChI=1S/C20H25BrN4O3/c1-20(2,3)28-19(26)24-10-8-15-17-16(24)12-22-9-11-27-18(17)23-25(15)14-6-4-13(21)5-7-14/h4-7,16,22H,8-12H2,1-3H3/t16-/m0/s1. The van der Waals surface area contributed by atoms with Crippen LogP contribution in [-0.2, 0) is 11.2 Å². The molecule has 3 heterocycles. The summed E-state index contributed by atoms with van der Waals surface area (Å²) in [5.41, 5.74) is 2.51. The predicted molar refractivity (Wildman–Crippen MR) is 109 cm³/mol. The zero-order valence-electron chi connectivity index (χ0n) is 16.4. The van der Waals surface area contributed by atoms with E-state index in [2.05, 4.69) is 21.2 Å². The second-order valence-corrected chi connectivity index (χ2v) is 8.96. The van der Waals surface area contributed by atoms with Crippen LogP contribution in [0.2, 0.25) is 0 Å². The molecule has 1 aromatic heterocycles. The largest absolute Gasteiger partial charge is 0.475 e. The minimum absolute atomic E-state index is 0.168. The Morgan fingerprint density at radius 2 is 2.07 bits per heavy atom. The van der Waals surface area contributed by atoms with Gasteiger partial charge in [0.15, 0.2) is 0 Å². The van der Waals surface area contributed by atoms with Gasteiger partial charge in [-0.25, -0.2) is 9.48 Å². The van der Waals surface area contributed by atoms with Gasteiger partial charge in [0.05, 0.1) is 23.0 Å². The van der Waals surface area contributed by atoms with E-state index in [-0.39, 0.29) is 12.1 Å². The van der Waals surface area contributed by atoms with Gasteiger partial charge >= 0.3 is 6.09 Å². The third kappa shape index (κ3) is 3.75. The molecule has 0 bridgehead atoms. The zero-order chi connectivity index (χ0) is 19.9. The van der Waals surface area contributed by atoms with Gasteiger partial charge in [-0.15, -0.1) is 5.10 Å².